The maximum atomic E-state index is 12.3. The van der Waals surface area contributed by atoms with E-state index < -0.39 is 6.09 Å². The summed E-state index contributed by atoms with van der Waals surface area (Å²) in [4.78, 5) is 12.3. The highest BCUT2D eigenvalue weighted by molar-refractivity contribution is 5.67. The van der Waals surface area contributed by atoms with E-state index in [0.717, 1.165) is 50.9 Å². The van der Waals surface area contributed by atoms with Gasteiger partial charge in [0.2, 0.25) is 0 Å². The first kappa shape index (κ1) is 17.2. The highest BCUT2D eigenvalue weighted by Gasteiger charge is 2.47. The first-order chi connectivity index (χ1) is 11.7. The number of nitrogens with one attached hydrogen (secondary N) is 1. The number of rotatable bonds is 6. The van der Waals surface area contributed by atoms with Crippen LogP contribution in [0.3, 0.4) is 0 Å². The van der Waals surface area contributed by atoms with Crippen LogP contribution in [0.1, 0.15) is 37.7 Å². The minimum atomic E-state index is -0.393. The Labute approximate surface area is 143 Å². The Balaban J connectivity index is 1.61. The predicted octanol–water partition coefficient (Wildman–Crippen LogP) is 2.87. The molecule has 5 nitrogen and oxygen atoms in total. The fourth-order valence-electron chi connectivity index (χ4n) is 3.91. The largest absolute Gasteiger partial charge is 0.445 e. The number of aliphatic hydroxyl groups is 1. The van der Waals surface area contributed by atoms with Gasteiger partial charge >= 0.3 is 6.09 Å². The molecule has 1 aromatic rings. The predicted molar refractivity (Wildman–Crippen MR) is 90.5 cm³/mol. The van der Waals surface area contributed by atoms with Gasteiger partial charge in [-0.2, -0.15) is 0 Å². The molecule has 5 heteroatoms. The number of aliphatic hydroxyl groups excluding tert-OH is 1. The first-order valence-electron chi connectivity index (χ1n) is 8.89. The molecule has 2 aliphatic rings. The van der Waals surface area contributed by atoms with Crippen molar-refractivity contribution in [2.75, 3.05) is 19.8 Å². The minimum Gasteiger partial charge on any atom is -0.445 e. The van der Waals surface area contributed by atoms with Crippen molar-refractivity contribution in [3.63, 3.8) is 0 Å². The molecular formula is C19H27NO4. The van der Waals surface area contributed by atoms with Crippen molar-refractivity contribution in [2.24, 2.45) is 11.3 Å². The number of carbonyl (C=O) groups is 1. The SMILES string of the molecule is O=C(NC(C1CCOCC1)C1(CO)CCC1)OCc1ccccc1. The molecule has 3 rings (SSSR count). The quantitative estimate of drug-likeness (QED) is 0.840. The van der Waals surface area contributed by atoms with E-state index >= 15 is 0 Å². The Bertz CT molecular complexity index is 518. The molecule has 1 saturated heterocycles. The number of amides is 1. The molecule has 2 N–H and O–H groups in total. The molecule has 1 aliphatic heterocycles. The Morgan fingerprint density at radius 3 is 2.58 bits per heavy atom. The molecule has 1 atom stereocenters. The van der Waals surface area contributed by atoms with Crippen molar-refractivity contribution < 1.29 is 19.4 Å². The summed E-state index contributed by atoms with van der Waals surface area (Å²) in [5.41, 5.74) is 0.782. The lowest BCUT2D eigenvalue weighted by atomic mass is 9.60. The summed E-state index contributed by atoms with van der Waals surface area (Å²) in [6.45, 7) is 1.83. The van der Waals surface area contributed by atoms with Crippen molar-refractivity contribution >= 4 is 6.09 Å². The maximum absolute atomic E-state index is 12.3. The molecular weight excluding hydrogens is 306 g/mol. The van der Waals surface area contributed by atoms with Crippen molar-refractivity contribution in [3.8, 4) is 0 Å². The van der Waals surface area contributed by atoms with E-state index in [1.54, 1.807) is 0 Å². The second kappa shape index (κ2) is 7.99. The highest BCUT2D eigenvalue weighted by atomic mass is 16.5. The van der Waals surface area contributed by atoms with Gasteiger partial charge in [0, 0.05) is 24.7 Å². The van der Waals surface area contributed by atoms with Gasteiger partial charge in [-0.3, -0.25) is 0 Å². The zero-order chi connectivity index (χ0) is 16.8. The number of benzene rings is 1. The summed E-state index contributed by atoms with van der Waals surface area (Å²) in [6.07, 6.45) is 4.49. The summed E-state index contributed by atoms with van der Waals surface area (Å²) in [6, 6.07) is 9.62. The van der Waals surface area contributed by atoms with Crippen LogP contribution < -0.4 is 5.32 Å². The van der Waals surface area contributed by atoms with Gasteiger partial charge in [0.15, 0.2) is 0 Å². The third-order valence-electron chi connectivity index (χ3n) is 5.55. The average molecular weight is 333 g/mol. The fraction of sp³-hybridized carbons (Fsp3) is 0.632. The first-order valence-corrected chi connectivity index (χ1v) is 8.89. The molecule has 0 aromatic heterocycles. The van der Waals surface area contributed by atoms with Crippen LogP contribution in [0.25, 0.3) is 0 Å². The van der Waals surface area contributed by atoms with Gasteiger partial charge in [-0.05, 0) is 37.2 Å². The second-order valence-electron chi connectivity index (χ2n) is 7.01. The van der Waals surface area contributed by atoms with Crippen molar-refractivity contribution in [1.82, 2.24) is 5.32 Å². The van der Waals surface area contributed by atoms with Crippen LogP contribution in [-0.2, 0) is 16.1 Å². The van der Waals surface area contributed by atoms with Gasteiger partial charge < -0.3 is 19.9 Å². The number of hydrogen-bond acceptors (Lipinski definition) is 4. The Morgan fingerprint density at radius 2 is 2.00 bits per heavy atom. The van der Waals surface area contributed by atoms with Crippen LogP contribution in [0.2, 0.25) is 0 Å². The summed E-state index contributed by atoms with van der Waals surface area (Å²) < 4.78 is 10.8. The monoisotopic (exact) mass is 333 g/mol. The summed E-state index contributed by atoms with van der Waals surface area (Å²) in [5, 5.41) is 13.0. The number of hydrogen-bond donors (Lipinski definition) is 2. The number of ether oxygens (including phenoxy) is 2. The van der Waals surface area contributed by atoms with Crippen molar-refractivity contribution in [2.45, 2.75) is 44.8 Å². The normalized spacial score (nSPS) is 21.5. The summed E-state index contributed by atoms with van der Waals surface area (Å²) in [7, 11) is 0. The summed E-state index contributed by atoms with van der Waals surface area (Å²) >= 11 is 0. The standard InChI is InChI=1S/C19H27NO4/c21-14-19(9-4-10-19)17(16-7-11-23-12-8-16)20-18(22)24-13-15-5-2-1-3-6-15/h1-3,5-6,16-17,21H,4,7-14H2,(H,20,22). The highest BCUT2D eigenvalue weighted by Crippen LogP contribution is 2.47. The summed E-state index contributed by atoms with van der Waals surface area (Å²) in [5.74, 6) is 0.343. The Hall–Kier alpha value is -1.59. The average Bonchev–Trinajstić information content (AvgIpc) is 2.60. The topological polar surface area (TPSA) is 67.8 Å². The number of alkyl carbamates (subject to hydrolysis) is 1. The van der Waals surface area contributed by atoms with E-state index in [1.807, 2.05) is 30.3 Å². The maximum Gasteiger partial charge on any atom is 0.407 e. The molecule has 24 heavy (non-hydrogen) atoms. The third-order valence-corrected chi connectivity index (χ3v) is 5.55. The molecule has 1 heterocycles. The molecule has 1 saturated carbocycles. The fourth-order valence-corrected chi connectivity index (χ4v) is 3.91. The smallest absolute Gasteiger partial charge is 0.407 e. The van der Waals surface area contributed by atoms with E-state index in [0.29, 0.717) is 5.92 Å². The molecule has 1 unspecified atom stereocenters. The van der Waals surface area contributed by atoms with Crippen LogP contribution in [0, 0.1) is 11.3 Å². The third kappa shape index (κ3) is 3.90. The number of carbonyl (C=O) groups excluding carboxylic acids is 1. The van der Waals surface area contributed by atoms with Crippen molar-refractivity contribution in [1.29, 1.82) is 0 Å². The second-order valence-corrected chi connectivity index (χ2v) is 7.01. The zero-order valence-electron chi connectivity index (χ0n) is 14.1. The molecule has 2 fully saturated rings. The van der Waals surface area contributed by atoms with Gasteiger partial charge in [0.25, 0.3) is 0 Å². The Morgan fingerprint density at radius 1 is 1.29 bits per heavy atom. The molecule has 1 aromatic carbocycles. The van der Waals surface area contributed by atoms with Gasteiger partial charge in [0.05, 0.1) is 6.61 Å². The lowest BCUT2D eigenvalue weighted by Crippen LogP contribution is -2.57. The van der Waals surface area contributed by atoms with E-state index in [4.69, 9.17) is 9.47 Å². The van der Waals surface area contributed by atoms with Crippen LogP contribution in [0.15, 0.2) is 30.3 Å². The van der Waals surface area contributed by atoms with Crippen LogP contribution in [0.4, 0.5) is 4.79 Å². The van der Waals surface area contributed by atoms with Crippen LogP contribution >= 0.6 is 0 Å². The van der Waals surface area contributed by atoms with Gasteiger partial charge in [-0.1, -0.05) is 36.8 Å². The molecule has 0 spiro atoms. The zero-order valence-corrected chi connectivity index (χ0v) is 14.1. The minimum absolute atomic E-state index is 0.0385. The Kier molecular flexibility index (Phi) is 5.74. The van der Waals surface area contributed by atoms with Crippen LogP contribution in [-0.4, -0.2) is 37.1 Å². The molecule has 0 radical (unpaired) electrons. The lowest BCUT2D eigenvalue weighted by Gasteiger charge is -2.50. The molecule has 0 bridgehead atoms. The molecule has 132 valence electrons. The van der Waals surface area contributed by atoms with E-state index in [-0.39, 0.29) is 24.7 Å². The lowest BCUT2D eigenvalue weighted by molar-refractivity contribution is -0.0398. The molecule has 1 amide bonds. The van der Waals surface area contributed by atoms with Gasteiger partial charge in [-0.25, -0.2) is 4.79 Å². The van der Waals surface area contributed by atoms with Gasteiger partial charge in [0.1, 0.15) is 6.61 Å². The van der Waals surface area contributed by atoms with E-state index in [2.05, 4.69) is 5.32 Å². The van der Waals surface area contributed by atoms with Crippen molar-refractivity contribution in [3.05, 3.63) is 35.9 Å². The van der Waals surface area contributed by atoms with E-state index in [1.165, 1.54) is 0 Å². The van der Waals surface area contributed by atoms with E-state index in [9.17, 15) is 9.90 Å². The van der Waals surface area contributed by atoms with Gasteiger partial charge in [-0.15, -0.1) is 0 Å². The molecule has 1 aliphatic carbocycles. The van der Waals surface area contributed by atoms with Crippen LogP contribution in [0.5, 0.6) is 0 Å².